The van der Waals surface area contributed by atoms with Gasteiger partial charge in [0, 0.05) is 21.9 Å². The fourth-order valence-corrected chi connectivity index (χ4v) is 10.5. The molecule has 0 bridgehead atoms. The van der Waals surface area contributed by atoms with Crippen LogP contribution in [0.3, 0.4) is 0 Å². The molecule has 0 saturated heterocycles. The van der Waals surface area contributed by atoms with Crippen molar-refractivity contribution in [3.63, 3.8) is 0 Å². The van der Waals surface area contributed by atoms with Crippen molar-refractivity contribution in [2.75, 3.05) is 0 Å². The molecule has 4 heteroatoms. The van der Waals surface area contributed by atoms with Crippen molar-refractivity contribution in [3.8, 4) is 73.2 Å². The van der Waals surface area contributed by atoms with Crippen molar-refractivity contribution < 1.29 is 0 Å². The molecule has 0 atom stereocenters. The minimum Gasteiger partial charge on any atom is -0.278 e. The number of hydrogen-bond acceptors (Lipinski definition) is 3. The first-order chi connectivity index (χ1) is 30.8. The predicted molar refractivity (Wildman–Crippen MR) is 252 cm³/mol. The van der Waals surface area contributed by atoms with E-state index in [-0.39, 0.29) is 0 Å². The minimum absolute atomic E-state index is 0.442. The molecule has 288 valence electrons. The second-order valence-corrected chi connectivity index (χ2v) is 16.3. The predicted octanol–water partition coefficient (Wildman–Crippen LogP) is 14.0. The lowest BCUT2D eigenvalue weighted by Gasteiger charge is -2.30. The van der Waals surface area contributed by atoms with Crippen molar-refractivity contribution in [2.24, 2.45) is 0 Å². The van der Waals surface area contributed by atoms with Crippen molar-refractivity contribution in [2.45, 2.75) is 5.41 Å². The van der Waals surface area contributed by atoms with Gasteiger partial charge in [-0.05, 0) is 91.0 Å². The summed E-state index contributed by atoms with van der Waals surface area (Å²) in [5.74, 6) is 1.82. The number of benzene rings is 9. The molecule has 2 aromatic heterocycles. The number of hydrogen-bond donors (Lipinski definition) is 0. The zero-order valence-corrected chi connectivity index (χ0v) is 33.6. The smallest absolute Gasteiger partial charge is 0.238 e. The molecule has 62 heavy (non-hydrogen) atoms. The van der Waals surface area contributed by atoms with Crippen molar-refractivity contribution in [1.29, 1.82) is 0 Å². The zero-order chi connectivity index (χ0) is 40.8. The van der Waals surface area contributed by atoms with E-state index < -0.39 is 5.41 Å². The van der Waals surface area contributed by atoms with Crippen LogP contribution in [0.25, 0.3) is 95.0 Å². The maximum atomic E-state index is 5.28. The maximum absolute atomic E-state index is 5.28. The van der Waals surface area contributed by atoms with E-state index in [9.17, 15) is 0 Å². The molecule has 4 nitrogen and oxygen atoms in total. The summed E-state index contributed by atoms with van der Waals surface area (Å²) in [7, 11) is 0. The number of fused-ring (bicyclic) bond motifs is 13. The van der Waals surface area contributed by atoms with Crippen molar-refractivity contribution >= 4 is 21.8 Å². The molecule has 11 aromatic rings. The Labute approximate surface area is 359 Å². The van der Waals surface area contributed by atoms with Gasteiger partial charge in [-0.2, -0.15) is 9.97 Å². The normalized spacial score (nSPS) is 13.0. The zero-order valence-electron chi connectivity index (χ0n) is 33.6. The van der Waals surface area contributed by atoms with E-state index in [1.807, 2.05) is 36.4 Å². The fourth-order valence-electron chi connectivity index (χ4n) is 10.5. The Morgan fingerprint density at radius 1 is 0.306 bits per heavy atom. The summed E-state index contributed by atoms with van der Waals surface area (Å²) < 4.78 is 2.25. The van der Waals surface area contributed by atoms with Crippen LogP contribution in [0, 0.1) is 0 Å². The van der Waals surface area contributed by atoms with Gasteiger partial charge in [-0.15, -0.1) is 0 Å². The van der Waals surface area contributed by atoms with Crippen LogP contribution < -0.4 is 0 Å². The maximum Gasteiger partial charge on any atom is 0.238 e. The second kappa shape index (κ2) is 13.4. The van der Waals surface area contributed by atoms with Crippen LogP contribution in [0.5, 0.6) is 0 Å². The Balaban J connectivity index is 1.11. The highest BCUT2D eigenvalue weighted by atomic mass is 15.2. The quantitative estimate of drug-likeness (QED) is 0.174. The minimum atomic E-state index is -0.442. The molecule has 0 unspecified atom stereocenters. The molecule has 13 rings (SSSR count). The Bertz CT molecular complexity index is 3450. The van der Waals surface area contributed by atoms with Crippen LogP contribution in [0.1, 0.15) is 22.3 Å². The molecule has 2 aliphatic rings. The van der Waals surface area contributed by atoms with E-state index in [2.05, 4.69) is 187 Å². The van der Waals surface area contributed by atoms with Crippen molar-refractivity contribution in [1.82, 2.24) is 19.5 Å². The molecule has 0 saturated carbocycles. The van der Waals surface area contributed by atoms with Crippen LogP contribution >= 0.6 is 0 Å². The van der Waals surface area contributed by atoms with E-state index in [0.717, 1.165) is 55.2 Å². The fraction of sp³-hybridized carbons (Fsp3) is 0.0172. The average Bonchev–Trinajstić information content (AvgIpc) is 3.96. The van der Waals surface area contributed by atoms with E-state index in [1.165, 1.54) is 44.5 Å². The molecule has 1 spiro atoms. The molecular formula is C58H36N4. The lowest BCUT2D eigenvalue weighted by molar-refractivity contribution is 0.794. The third kappa shape index (κ3) is 4.92. The summed E-state index contributed by atoms with van der Waals surface area (Å²) in [6.07, 6.45) is 0. The number of aromatic nitrogens is 4. The summed E-state index contributed by atoms with van der Waals surface area (Å²) in [4.78, 5) is 15.6. The van der Waals surface area contributed by atoms with E-state index in [0.29, 0.717) is 17.6 Å². The first-order valence-electron chi connectivity index (χ1n) is 21.2. The Morgan fingerprint density at radius 2 is 0.790 bits per heavy atom. The van der Waals surface area contributed by atoms with E-state index in [4.69, 9.17) is 15.0 Å². The van der Waals surface area contributed by atoms with E-state index in [1.54, 1.807) is 0 Å². The first kappa shape index (κ1) is 34.6. The molecule has 0 amide bonds. The SMILES string of the molecule is c1ccc(-c2nc(-c3ccccc3)nc(-n3c4ccccc4c4c(-c5ccccc5)cc(-c5ccc6c(c5)C5(c7ccccc7-c7ccccc75)c5ccccc5-6)cc43)n2)cc1. The number of rotatable bonds is 5. The molecule has 0 N–H and O–H groups in total. The van der Waals surface area contributed by atoms with Gasteiger partial charge in [0.25, 0.3) is 0 Å². The van der Waals surface area contributed by atoms with Gasteiger partial charge in [0.05, 0.1) is 16.4 Å². The average molecular weight is 789 g/mol. The molecule has 0 aliphatic heterocycles. The number of para-hydroxylation sites is 1. The molecule has 0 fully saturated rings. The summed E-state index contributed by atoms with van der Waals surface area (Å²) in [5.41, 5.74) is 18.6. The van der Waals surface area contributed by atoms with Crippen LogP contribution in [-0.2, 0) is 5.41 Å². The highest BCUT2D eigenvalue weighted by Crippen LogP contribution is 2.63. The second-order valence-electron chi connectivity index (χ2n) is 16.3. The lowest BCUT2D eigenvalue weighted by Crippen LogP contribution is -2.25. The first-order valence-corrected chi connectivity index (χ1v) is 21.2. The third-order valence-corrected chi connectivity index (χ3v) is 13.1. The van der Waals surface area contributed by atoms with Gasteiger partial charge in [-0.25, -0.2) is 4.98 Å². The van der Waals surface area contributed by atoms with Crippen LogP contribution in [0.15, 0.2) is 218 Å². The Kier molecular flexibility index (Phi) is 7.49. The van der Waals surface area contributed by atoms with Gasteiger partial charge in [0.15, 0.2) is 11.6 Å². The van der Waals surface area contributed by atoms with Gasteiger partial charge in [-0.3, -0.25) is 4.57 Å². The molecular weight excluding hydrogens is 753 g/mol. The van der Waals surface area contributed by atoms with Gasteiger partial charge in [0.1, 0.15) is 0 Å². The monoisotopic (exact) mass is 788 g/mol. The van der Waals surface area contributed by atoms with Gasteiger partial charge in [-0.1, -0.05) is 194 Å². The number of nitrogens with zero attached hydrogens (tertiary/aromatic N) is 4. The Hall–Kier alpha value is -8.21. The summed E-state index contributed by atoms with van der Waals surface area (Å²) in [6.45, 7) is 0. The molecule has 0 radical (unpaired) electrons. The van der Waals surface area contributed by atoms with Gasteiger partial charge in [0.2, 0.25) is 5.95 Å². The Morgan fingerprint density at radius 3 is 1.37 bits per heavy atom. The van der Waals surface area contributed by atoms with Crippen LogP contribution in [0.2, 0.25) is 0 Å². The van der Waals surface area contributed by atoms with Crippen LogP contribution in [-0.4, -0.2) is 19.5 Å². The molecule has 2 heterocycles. The standard InChI is InChI=1S/C58H36N4/c1-4-18-37(19-5-1)47-34-41(40-32-33-45-44-26-12-16-30-50(44)58(51(45)35-40)48-28-14-10-24-42(48)43-25-11-15-29-49(43)58)36-53-54(47)46-27-13-17-31-52(46)62(53)57-60-55(38-20-6-2-7-21-38)59-56(61-57)39-22-8-3-9-23-39/h1-36H. The van der Waals surface area contributed by atoms with Crippen LogP contribution in [0.4, 0.5) is 0 Å². The lowest BCUT2D eigenvalue weighted by atomic mass is 9.70. The van der Waals surface area contributed by atoms with Crippen molar-refractivity contribution in [3.05, 3.63) is 241 Å². The third-order valence-electron chi connectivity index (χ3n) is 13.1. The van der Waals surface area contributed by atoms with Gasteiger partial charge >= 0.3 is 0 Å². The summed E-state index contributed by atoms with van der Waals surface area (Å²) in [5, 5.41) is 2.29. The highest BCUT2D eigenvalue weighted by Gasteiger charge is 2.51. The van der Waals surface area contributed by atoms with E-state index >= 15 is 0 Å². The highest BCUT2D eigenvalue weighted by molar-refractivity contribution is 6.17. The topological polar surface area (TPSA) is 43.6 Å². The summed E-state index contributed by atoms with van der Waals surface area (Å²) in [6, 6.07) is 78.7. The molecule has 2 aliphatic carbocycles. The summed E-state index contributed by atoms with van der Waals surface area (Å²) >= 11 is 0. The molecule has 9 aromatic carbocycles. The van der Waals surface area contributed by atoms with Gasteiger partial charge < -0.3 is 0 Å². The largest absolute Gasteiger partial charge is 0.278 e.